The molecule has 1 nitrogen and oxygen atoms in total. The van der Waals surface area contributed by atoms with Gasteiger partial charge in [0, 0.05) is 5.56 Å². The van der Waals surface area contributed by atoms with E-state index in [1.54, 1.807) is 6.92 Å². The van der Waals surface area contributed by atoms with Gasteiger partial charge in [-0.3, -0.25) is 0 Å². The number of pyridine rings is 1. The first-order chi connectivity index (χ1) is 4.61. The zero-order valence-corrected chi connectivity index (χ0v) is 6.67. The lowest BCUT2D eigenvalue weighted by atomic mass is 10.3. The molecule has 0 atom stereocenters. The number of aryl methyl sites for hydroxylation is 1. The summed E-state index contributed by atoms with van der Waals surface area (Å²) < 4.78 is 12.5. The second-order valence-corrected chi connectivity index (χ2v) is 2.63. The highest BCUT2D eigenvalue weighted by Crippen LogP contribution is 2.20. The molecule has 0 aromatic carbocycles. The Labute approximate surface area is 67.8 Å². The highest BCUT2D eigenvalue weighted by atomic mass is 35.5. The second kappa shape index (κ2) is 2.72. The van der Waals surface area contributed by atoms with Crippen molar-refractivity contribution in [2.24, 2.45) is 0 Å². The molecular weight excluding hydrogens is 176 g/mol. The number of nitrogens with zero attached hydrogens (tertiary/aromatic N) is 1. The van der Waals surface area contributed by atoms with E-state index in [2.05, 4.69) is 4.98 Å². The highest BCUT2D eigenvalue weighted by Gasteiger charge is 2.03. The van der Waals surface area contributed by atoms with Crippen LogP contribution in [0.1, 0.15) is 5.56 Å². The van der Waals surface area contributed by atoms with Gasteiger partial charge in [-0.15, -0.1) is 0 Å². The molecular formula is C6H4Cl2FN. The average molecular weight is 180 g/mol. The Balaban J connectivity index is 3.28. The molecule has 0 saturated carbocycles. The van der Waals surface area contributed by atoms with Gasteiger partial charge in [-0.25, -0.2) is 4.98 Å². The summed E-state index contributed by atoms with van der Waals surface area (Å²) in [6.45, 7) is 1.57. The molecule has 1 aromatic heterocycles. The lowest BCUT2D eigenvalue weighted by molar-refractivity contribution is 0.575. The van der Waals surface area contributed by atoms with Crippen LogP contribution >= 0.6 is 23.2 Å². The molecule has 0 radical (unpaired) electrons. The quantitative estimate of drug-likeness (QED) is 0.559. The Morgan fingerprint density at radius 3 is 2.60 bits per heavy atom. The van der Waals surface area contributed by atoms with Crippen molar-refractivity contribution in [1.82, 2.24) is 4.98 Å². The van der Waals surface area contributed by atoms with Gasteiger partial charge in [0.05, 0.1) is 5.02 Å². The predicted molar refractivity (Wildman–Crippen MR) is 39.0 cm³/mol. The fraction of sp³-hybridized carbons (Fsp3) is 0.167. The third kappa shape index (κ3) is 1.39. The Bertz CT molecular complexity index is 212. The second-order valence-electron chi connectivity index (χ2n) is 1.87. The SMILES string of the molecule is Cc1cc(Cl)c(Cl)nc1F. The molecule has 0 fully saturated rings. The van der Waals surface area contributed by atoms with Gasteiger partial charge in [0.1, 0.15) is 0 Å². The zero-order chi connectivity index (χ0) is 7.72. The van der Waals surface area contributed by atoms with Crippen LogP contribution < -0.4 is 0 Å². The Morgan fingerprint density at radius 2 is 2.10 bits per heavy atom. The van der Waals surface area contributed by atoms with E-state index in [1.165, 1.54) is 6.07 Å². The minimum absolute atomic E-state index is 0.00441. The minimum atomic E-state index is -0.575. The predicted octanol–water partition coefficient (Wildman–Crippen LogP) is 2.84. The number of aromatic nitrogens is 1. The van der Waals surface area contributed by atoms with E-state index in [0.717, 1.165) is 0 Å². The van der Waals surface area contributed by atoms with Crippen molar-refractivity contribution in [3.05, 3.63) is 27.8 Å². The maximum Gasteiger partial charge on any atom is 0.217 e. The molecule has 0 spiro atoms. The lowest BCUT2D eigenvalue weighted by Gasteiger charge is -1.96. The van der Waals surface area contributed by atoms with Crippen LogP contribution in [0.2, 0.25) is 10.2 Å². The lowest BCUT2D eigenvalue weighted by Crippen LogP contribution is -1.88. The first-order valence-corrected chi connectivity index (χ1v) is 3.35. The maximum atomic E-state index is 12.5. The smallest absolute Gasteiger partial charge is 0.206 e. The van der Waals surface area contributed by atoms with Crippen molar-refractivity contribution in [1.29, 1.82) is 0 Å². The number of hydrogen-bond acceptors (Lipinski definition) is 1. The van der Waals surface area contributed by atoms with Crippen molar-refractivity contribution < 1.29 is 4.39 Å². The molecule has 0 aliphatic rings. The topological polar surface area (TPSA) is 12.9 Å². The highest BCUT2D eigenvalue weighted by molar-refractivity contribution is 6.41. The summed E-state index contributed by atoms with van der Waals surface area (Å²) in [6.07, 6.45) is 0. The van der Waals surface area contributed by atoms with Gasteiger partial charge in [0.25, 0.3) is 0 Å². The van der Waals surface area contributed by atoms with Gasteiger partial charge in [0.15, 0.2) is 5.15 Å². The molecule has 1 rings (SSSR count). The Kier molecular flexibility index (Phi) is 2.11. The third-order valence-corrected chi connectivity index (χ3v) is 1.73. The molecule has 10 heavy (non-hydrogen) atoms. The first kappa shape index (κ1) is 7.76. The van der Waals surface area contributed by atoms with Gasteiger partial charge in [0.2, 0.25) is 5.95 Å². The van der Waals surface area contributed by atoms with E-state index in [1.807, 2.05) is 0 Å². The molecule has 54 valence electrons. The van der Waals surface area contributed by atoms with Crippen LogP contribution in [0.5, 0.6) is 0 Å². The van der Waals surface area contributed by atoms with Crippen molar-refractivity contribution >= 4 is 23.2 Å². The van der Waals surface area contributed by atoms with E-state index in [-0.39, 0.29) is 10.2 Å². The molecule has 1 heterocycles. The van der Waals surface area contributed by atoms with Crippen molar-refractivity contribution in [2.45, 2.75) is 6.92 Å². The van der Waals surface area contributed by atoms with E-state index in [9.17, 15) is 4.39 Å². The molecule has 0 N–H and O–H groups in total. The van der Waals surface area contributed by atoms with Gasteiger partial charge in [-0.1, -0.05) is 23.2 Å². The summed E-state index contributed by atoms with van der Waals surface area (Å²) in [5.74, 6) is -0.575. The number of halogens is 3. The largest absolute Gasteiger partial charge is 0.217 e. The first-order valence-electron chi connectivity index (χ1n) is 2.59. The summed E-state index contributed by atoms with van der Waals surface area (Å²) >= 11 is 10.9. The fourth-order valence-electron chi connectivity index (χ4n) is 0.537. The van der Waals surface area contributed by atoms with Gasteiger partial charge in [-0.05, 0) is 13.0 Å². The summed E-state index contributed by atoms with van der Waals surface area (Å²) in [6, 6.07) is 1.44. The Hall–Kier alpha value is -0.340. The molecule has 0 amide bonds. The van der Waals surface area contributed by atoms with Crippen molar-refractivity contribution in [3.8, 4) is 0 Å². The maximum absolute atomic E-state index is 12.5. The molecule has 0 saturated heterocycles. The van der Waals surface area contributed by atoms with Crippen LogP contribution in [0.4, 0.5) is 4.39 Å². The van der Waals surface area contributed by atoms with Crippen LogP contribution in [0, 0.1) is 12.9 Å². The number of hydrogen-bond donors (Lipinski definition) is 0. The van der Waals surface area contributed by atoms with Gasteiger partial charge in [-0.2, -0.15) is 4.39 Å². The average Bonchev–Trinajstić information content (AvgIpc) is 1.84. The van der Waals surface area contributed by atoms with Crippen LogP contribution in [-0.4, -0.2) is 4.98 Å². The summed E-state index contributed by atoms with van der Waals surface area (Å²) in [4.78, 5) is 3.34. The summed E-state index contributed by atoms with van der Waals surface area (Å²) in [5, 5.41) is 0.283. The van der Waals surface area contributed by atoms with Crippen LogP contribution in [0.3, 0.4) is 0 Å². The van der Waals surface area contributed by atoms with Crippen molar-refractivity contribution in [2.75, 3.05) is 0 Å². The molecule has 1 aromatic rings. The van der Waals surface area contributed by atoms with E-state index >= 15 is 0 Å². The van der Waals surface area contributed by atoms with Gasteiger partial charge < -0.3 is 0 Å². The van der Waals surface area contributed by atoms with Crippen LogP contribution in [0.25, 0.3) is 0 Å². The van der Waals surface area contributed by atoms with E-state index in [0.29, 0.717) is 5.56 Å². The minimum Gasteiger partial charge on any atom is -0.206 e. The molecule has 0 bridgehead atoms. The summed E-state index contributed by atoms with van der Waals surface area (Å²) in [7, 11) is 0. The van der Waals surface area contributed by atoms with E-state index in [4.69, 9.17) is 23.2 Å². The molecule has 4 heteroatoms. The van der Waals surface area contributed by atoms with Crippen LogP contribution in [-0.2, 0) is 0 Å². The summed E-state index contributed by atoms with van der Waals surface area (Å²) in [5.41, 5.74) is 0.398. The van der Waals surface area contributed by atoms with Crippen molar-refractivity contribution in [3.63, 3.8) is 0 Å². The molecule has 0 unspecified atom stereocenters. The van der Waals surface area contributed by atoms with E-state index < -0.39 is 5.95 Å². The number of rotatable bonds is 0. The standard InChI is InChI=1S/C6H4Cl2FN/c1-3-2-4(7)5(8)10-6(3)9/h2H,1H3. The monoisotopic (exact) mass is 179 g/mol. The molecule has 0 aliphatic carbocycles. The van der Waals surface area contributed by atoms with Gasteiger partial charge >= 0.3 is 0 Å². The van der Waals surface area contributed by atoms with Crippen LogP contribution in [0.15, 0.2) is 6.07 Å². The Morgan fingerprint density at radius 1 is 1.50 bits per heavy atom. The normalized spacial score (nSPS) is 10.0. The molecule has 0 aliphatic heterocycles. The third-order valence-electron chi connectivity index (χ3n) is 1.06. The fourth-order valence-corrected chi connectivity index (χ4v) is 0.872. The zero-order valence-electron chi connectivity index (χ0n) is 5.16.